The van der Waals surface area contributed by atoms with Crippen molar-refractivity contribution < 1.29 is 14.4 Å². The number of hydrogen-bond acceptors (Lipinski definition) is 5. The molecule has 9 nitrogen and oxygen atoms in total. The Morgan fingerprint density at radius 2 is 1.93 bits per heavy atom. The molecule has 1 aromatic rings. The fourth-order valence-corrected chi connectivity index (χ4v) is 2.67. The second-order valence-electron chi connectivity index (χ2n) is 6.48. The molecule has 1 rings (SSSR count). The number of carbonyl (C=O) groups excluding carboxylic acids is 3. The summed E-state index contributed by atoms with van der Waals surface area (Å²) in [4.78, 5) is 41.1. The number of nitrogens with one attached hydrogen (secondary N) is 2. The largest absolute Gasteiger partial charge is 0.370 e. The minimum atomic E-state index is -0.644. The highest BCUT2D eigenvalue weighted by molar-refractivity contribution is 5.88. The van der Waals surface area contributed by atoms with Gasteiger partial charge in [-0.15, -0.1) is 0 Å². The van der Waals surface area contributed by atoms with Crippen LogP contribution >= 0.6 is 0 Å². The first kappa shape index (κ1) is 23.1. The Morgan fingerprint density at radius 1 is 1.25 bits per heavy atom. The number of aldehydes is 1. The molecule has 0 spiro atoms. The zero-order valence-corrected chi connectivity index (χ0v) is 16.4. The number of aliphatic imine (C=N–C) groups is 1. The van der Waals surface area contributed by atoms with Gasteiger partial charge in [-0.1, -0.05) is 30.3 Å². The van der Waals surface area contributed by atoms with E-state index < -0.39 is 18.0 Å². The molecule has 0 saturated heterocycles. The van der Waals surface area contributed by atoms with E-state index >= 15 is 0 Å². The van der Waals surface area contributed by atoms with Gasteiger partial charge in [-0.25, -0.2) is 0 Å². The van der Waals surface area contributed by atoms with Gasteiger partial charge in [0.05, 0.1) is 18.6 Å². The molecule has 9 heteroatoms. The SMILES string of the molecule is CN[C@H](Cc1ccccc1)C(=O)N(C)CC(=O)N[C@H](C=O)CCCN=C(N)N. The smallest absolute Gasteiger partial charge is 0.240 e. The average Bonchev–Trinajstić information content (AvgIpc) is 2.68. The minimum absolute atomic E-state index is 0.0126. The van der Waals surface area contributed by atoms with E-state index in [1.165, 1.54) is 4.90 Å². The third-order valence-electron chi connectivity index (χ3n) is 4.16. The van der Waals surface area contributed by atoms with Crippen molar-refractivity contribution in [2.75, 3.05) is 27.2 Å². The van der Waals surface area contributed by atoms with Gasteiger partial charge < -0.3 is 31.8 Å². The fourth-order valence-electron chi connectivity index (χ4n) is 2.67. The number of likely N-dealkylation sites (N-methyl/N-ethyl adjacent to an activating group) is 2. The van der Waals surface area contributed by atoms with Gasteiger partial charge in [-0.2, -0.15) is 0 Å². The van der Waals surface area contributed by atoms with E-state index in [0.717, 1.165) is 5.56 Å². The summed E-state index contributed by atoms with van der Waals surface area (Å²) < 4.78 is 0. The molecule has 0 bridgehead atoms. The number of amides is 2. The zero-order valence-electron chi connectivity index (χ0n) is 16.4. The third-order valence-corrected chi connectivity index (χ3v) is 4.16. The van der Waals surface area contributed by atoms with Crippen LogP contribution in [0.4, 0.5) is 0 Å². The molecule has 0 aliphatic rings. The van der Waals surface area contributed by atoms with E-state index in [4.69, 9.17) is 11.5 Å². The minimum Gasteiger partial charge on any atom is -0.370 e. The molecule has 28 heavy (non-hydrogen) atoms. The zero-order chi connectivity index (χ0) is 20.9. The second-order valence-corrected chi connectivity index (χ2v) is 6.48. The molecule has 0 fully saturated rings. The van der Waals surface area contributed by atoms with E-state index in [0.29, 0.717) is 32.1 Å². The van der Waals surface area contributed by atoms with Gasteiger partial charge in [0.25, 0.3) is 0 Å². The Labute approximate surface area is 165 Å². The van der Waals surface area contributed by atoms with Crippen LogP contribution in [-0.2, 0) is 20.8 Å². The monoisotopic (exact) mass is 390 g/mol. The summed E-state index contributed by atoms with van der Waals surface area (Å²) in [6, 6.07) is 8.54. The number of nitrogens with two attached hydrogens (primary N) is 2. The fraction of sp³-hybridized carbons (Fsp3) is 0.474. The molecular formula is C19H30N6O3. The van der Waals surface area contributed by atoms with Crippen molar-refractivity contribution in [1.29, 1.82) is 0 Å². The number of carbonyl (C=O) groups is 3. The molecule has 2 atom stereocenters. The van der Waals surface area contributed by atoms with Crippen LogP contribution < -0.4 is 22.1 Å². The average molecular weight is 390 g/mol. The second kappa shape index (κ2) is 12.4. The third kappa shape index (κ3) is 8.63. The summed E-state index contributed by atoms with van der Waals surface area (Å²) in [7, 11) is 3.27. The molecule has 1 aromatic carbocycles. The molecule has 154 valence electrons. The van der Waals surface area contributed by atoms with Crippen LogP contribution in [0.15, 0.2) is 35.3 Å². The summed E-state index contributed by atoms with van der Waals surface area (Å²) in [5.41, 5.74) is 11.5. The van der Waals surface area contributed by atoms with Crippen LogP contribution in [0.5, 0.6) is 0 Å². The van der Waals surface area contributed by atoms with E-state index in [1.807, 2.05) is 30.3 Å². The maximum atomic E-state index is 12.6. The predicted molar refractivity (Wildman–Crippen MR) is 109 cm³/mol. The normalized spacial score (nSPS) is 12.5. The van der Waals surface area contributed by atoms with Gasteiger partial charge in [-0.05, 0) is 31.9 Å². The van der Waals surface area contributed by atoms with Gasteiger partial charge in [-0.3, -0.25) is 14.6 Å². The highest BCUT2D eigenvalue weighted by atomic mass is 16.2. The lowest BCUT2D eigenvalue weighted by atomic mass is 10.1. The Kier molecular flexibility index (Phi) is 10.3. The van der Waals surface area contributed by atoms with Gasteiger partial charge in [0.1, 0.15) is 6.29 Å². The summed E-state index contributed by atoms with van der Waals surface area (Å²) >= 11 is 0. The van der Waals surface area contributed by atoms with Crippen molar-refractivity contribution in [1.82, 2.24) is 15.5 Å². The number of hydrogen-bond donors (Lipinski definition) is 4. The summed E-state index contributed by atoms with van der Waals surface area (Å²) in [5.74, 6) is -0.609. The van der Waals surface area contributed by atoms with Crippen molar-refractivity contribution in [2.45, 2.75) is 31.3 Å². The van der Waals surface area contributed by atoms with E-state index in [2.05, 4.69) is 15.6 Å². The van der Waals surface area contributed by atoms with Crippen molar-refractivity contribution in [3.63, 3.8) is 0 Å². The van der Waals surface area contributed by atoms with Crippen molar-refractivity contribution in [3.05, 3.63) is 35.9 Å². The molecule has 0 saturated carbocycles. The highest BCUT2D eigenvalue weighted by Crippen LogP contribution is 2.05. The molecule has 6 N–H and O–H groups in total. The molecule has 0 aromatic heterocycles. The Bertz CT molecular complexity index is 661. The molecule has 0 aliphatic carbocycles. The summed E-state index contributed by atoms with van der Waals surface area (Å²) in [6.45, 7) is 0.244. The lowest BCUT2D eigenvalue weighted by Gasteiger charge is -2.24. The van der Waals surface area contributed by atoms with Gasteiger partial charge in [0.2, 0.25) is 11.8 Å². The molecule has 0 radical (unpaired) electrons. The van der Waals surface area contributed by atoms with Crippen LogP contribution in [0.1, 0.15) is 18.4 Å². The number of nitrogens with zero attached hydrogens (tertiary/aromatic N) is 2. The van der Waals surface area contributed by atoms with Gasteiger partial charge in [0.15, 0.2) is 5.96 Å². The van der Waals surface area contributed by atoms with Crippen LogP contribution in [0.2, 0.25) is 0 Å². The first-order chi connectivity index (χ1) is 13.4. The molecule has 0 heterocycles. The Hall–Kier alpha value is -2.94. The first-order valence-corrected chi connectivity index (χ1v) is 9.13. The Morgan fingerprint density at radius 3 is 2.50 bits per heavy atom. The number of guanidine groups is 1. The van der Waals surface area contributed by atoms with Gasteiger partial charge in [0, 0.05) is 13.6 Å². The van der Waals surface area contributed by atoms with Gasteiger partial charge >= 0.3 is 0 Å². The molecule has 0 unspecified atom stereocenters. The maximum absolute atomic E-state index is 12.6. The molecule has 0 aliphatic heterocycles. The summed E-state index contributed by atoms with van der Waals surface area (Å²) in [6.07, 6.45) is 2.15. The van der Waals surface area contributed by atoms with E-state index in [1.54, 1.807) is 14.1 Å². The highest BCUT2D eigenvalue weighted by Gasteiger charge is 2.23. The molecular weight excluding hydrogens is 360 g/mol. The topological polar surface area (TPSA) is 143 Å². The van der Waals surface area contributed by atoms with Crippen molar-refractivity contribution in [3.8, 4) is 0 Å². The van der Waals surface area contributed by atoms with Crippen LogP contribution in [0.3, 0.4) is 0 Å². The van der Waals surface area contributed by atoms with E-state index in [9.17, 15) is 14.4 Å². The Balaban J connectivity index is 2.50. The van der Waals surface area contributed by atoms with Crippen molar-refractivity contribution >= 4 is 24.1 Å². The lowest BCUT2D eigenvalue weighted by Crippen LogP contribution is -2.49. The lowest BCUT2D eigenvalue weighted by molar-refractivity contribution is -0.136. The summed E-state index contributed by atoms with van der Waals surface area (Å²) in [5, 5.41) is 5.60. The van der Waals surface area contributed by atoms with Crippen LogP contribution in [-0.4, -0.2) is 68.2 Å². The predicted octanol–water partition coefficient (Wildman–Crippen LogP) is -0.987. The quantitative estimate of drug-likeness (QED) is 0.156. The maximum Gasteiger partial charge on any atom is 0.240 e. The number of benzene rings is 1. The standard InChI is InChI=1S/C19H30N6O3/c1-22-16(11-14-7-4-3-5-8-14)18(28)25(2)12-17(27)24-15(13-26)9-6-10-23-19(20)21/h3-5,7-8,13,15-16,22H,6,9-12H2,1-2H3,(H,24,27)(H4,20,21,23)/t15-,16+/m0/s1. The van der Waals surface area contributed by atoms with Crippen LogP contribution in [0.25, 0.3) is 0 Å². The van der Waals surface area contributed by atoms with Crippen molar-refractivity contribution in [2.24, 2.45) is 16.5 Å². The number of rotatable bonds is 12. The van der Waals surface area contributed by atoms with Crippen LogP contribution in [0, 0.1) is 0 Å². The molecule has 2 amide bonds. The first-order valence-electron chi connectivity index (χ1n) is 9.13. The van der Waals surface area contributed by atoms with E-state index in [-0.39, 0.29) is 18.4 Å².